The van der Waals surface area contributed by atoms with E-state index < -0.39 is 25.4 Å². The van der Waals surface area contributed by atoms with Gasteiger partial charge in [0.25, 0.3) is 0 Å². The van der Waals surface area contributed by atoms with Crippen molar-refractivity contribution in [3.8, 4) is 0 Å². The Morgan fingerprint density at radius 2 is 1.88 bits per heavy atom. The Hall–Kier alpha value is -1.14. The van der Waals surface area contributed by atoms with Crippen molar-refractivity contribution in [2.24, 2.45) is 0 Å². The highest BCUT2D eigenvalue weighted by atomic mass is 32.2. The lowest BCUT2D eigenvalue weighted by molar-refractivity contribution is 0.596. The van der Waals surface area contributed by atoms with E-state index >= 15 is 0 Å². The van der Waals surface area contributed by atoms with Crippen LogP contribution in [0.2, 0.25) is 0 Å². The zero-order valence-corrected chi connectivity index (χ0v) is 11.1. The lowest BCUT2D eigenvalue weighted by Crippen LogP contribution is -2.12. The van der Waals surface area contributed by atoms with E-state index in [1.165, 1.54) is 6.08 Å². The number of sulfone groups is 2. The summed E-state index contributed by atoms with van der Waals surface area (Å²) in [6.07, 6.45) is 2.47. The fourth-order valence-electron chi connectivity index (χ4n) is 1.92. The van der Waals surface area contributed by atoms with Crippen molar-refractivity contribution in [3.05, 3.63) is 34.2 Å². The van der Waals surface area contributed by atoms with Crippen LogP contribution in [0, 0.1) is 6.92 Å². The second kappa shape index (κ2) is 3.68. The van der Waals surface area contributed by atoms with Gasteiger partial charge in [-0.3, -0.25) is 0 Å². The van der Waals surface area contributed by atoms with Crippen LogP contribution in [0.1, 0.15) is 11.1 Å². The molecule has 0 atom stereocenters. The van der Waals surface area contributed by atoms with Crippen LogP contribution in [0.15, 0.2) is 28.0 Å². The monoisotopic (exact) mass is 272 g/mol. The maximum Gasteiger partial charge on any atom is 0.204 e. The summed E-state index contributed by atoms with van der Waals surface area (Å²) in [5.41, 5.74) is 1.21. The van der Waals surface area contributed by atoms with E-state index in [-0.39, 0.29) is 9.80 Å². The topological polar surface area (TPSA) is 68.3 Å². The zero-order chi connectivity index (χ0) is 12.8. The summed E-state index contributed by atoms with van der Waals surface area (Å²) in [5.74, 6) is -0.441. The standard InChI is InChI=1S/C11H12O4S2/c1-8-4-3-5-9-6-10(7-16(2,12)13)17(14,15)11(8)9/h3-6H,7H2,1-2H3. The minimum Gasteiger partial charge on any atom is -0.229 e. The predicted octanol–water partition coefficient (Wildman–Crippen LogP) is 1.17. The maximum absolute atomic E-state index is 12.2. The lowest BCUT2D eigenvalue weighted by Gasteiger charge is -2.05. The second-order valence-corrected chi connectivity index (χ2v) is 8.26. The van der Waals surface area contributed by atoms with E-state index in [9.17, 15) is 16.8 Å². The summed E-state index contributed by atoms with van der Waals surface area (Å²) < 4.78 is 46.7. The van der Waals surface area contributed by atoms with Gasteiger partial charge in [-0.05, 0) is 24.1 Å². The van der Waals surface area contributed by atoms with Gasteiger partial charge in [0.1, 0.15) is 0 Å². The van der Waals surface area contributed by atoms with Gasteiger partial charge >= 0.3 is 0 Å². The third-order valence-corrected chi connectivity index (χ3v) is 5.64. The van der Waals surface area contributed by atoms with E-state index in [4.69, 9.17) is 0 Å². The van der Waals surface area contributed by atoms with Gasteiger partial charge in [0.15, 0.2) is 9.84 Å². The minimum absolute atomic E-state index is 0.0377. The minimum atomic E-state index is -3.63. The van der Waals surface area contributed by atoms with E-state index in [0.717, 1.165) is 6.26 Å². The third-order valence-electron chi connectivity index (χ3n) is 2.58. The van der Waals surface area contributed by atoms with Gasteiger partial charge in [-0.25, -0.2) is 16.8 Å². The Kier molecular flexibility index (Phi) is 2.67. The number of fused-ring (bicyclic) bond motifs is 1. The molecule has 6 heteroatoms. The molecule has 92 valence electrons. The average Bonchev–Trinajstić information content (AvgIpc) is 2.37. The number of hydrogen-bond donors (Lipinski definition) is 0. The molecule has 0 aromatic heterocycles. The van der Waals surface area contributed by atoms with Gasteiger partial charge in [-0.15, -0.1) is 0 Å². The average molecular weight is 272 g/mol. The van der Waals surface area contributed by atoms with Crippen molar-refractivity contribution in [2.45, 2.75) is 11.8 Å². The first-order valence-corrected chi connectivity index (χ1v) is 8.49. The summed E-state index contributed by atoms with van der Waals surface area (Å²) in [5, 5.41) is 0. The highest BCUT2D eigenvalue weighted by Crippen LogP contribution is 2.35. The molecule has 4 nitrogen and oxygen atoms in total. The molecule has 0 bridgehead atoms. The number of benzene rings is 1. The lowest BCUT2D eigenvalue weighted by atomic mass is 10.1. The number of hydrogen-bond acceptors (Lipinski definition) is 4. The Bertz CT molecular complexity index is 710. The summed E-state index contributed by atoms with van der Waals surface area (Å²) in [4.78, 5) is 0.197. The van der Waals surface area contributed by atoms with Crippen LogP contribution in [0.5, 0.6) is 0 Å². The molecule has 0 N–H and O–H groups in total. The highest BCUT2D eigenvalue weighted by Gasteiger charge is 2.32. The van der Waals surface area contributed by atoms with Crippen LogP contribution in [-0.2, 0) is 19.7 Å². The molecule has 0 saturated heterocycles. The molecule has 17 heavy (non-hydrogen) atoms. The first-order chi connectivity index (χ1) is 7.72. The van der Waals surface area contributed by atoms with Crippen LogP contribution in [-0.4, -0.2) is 28.8 Å². The van der Waals surface area contributed by atoms with Gasteiger partial charge in [0, 0.05) is 6.26 Å². The molecule has 0 saturated carbocycles. The Morgan fingerprint density at radius 3 is 2.41 bits per heavy atom. The van der Waals surface area contributed by atoms with Gasteiger partial charge in [-0.1, -0.05) is 18.2 Å². The van der Waals surface area contributed by atoms with Crippen LogP contribution in [0.3, 0.4) is 0 Å². The predicted molar refractivity (Wildman–Crippen MR) is 66.1 cm³/mol. The quantitative estimate of drug-likeness (QED) is 0.810. The molecule has 0 fully saturated rings. The first-order valence-electron chi connectivity index (χ1n) is 4.95. The molecule has 0 spiro atoms. The Morgan fingerprint density at radius 1 is 1.24 bits per heavy atom. The molecule has 0 aliphatic carbocycles. The Balaban J connectivity index is 2.62. The SMILES string of the molecule is Cc1cccc2c1S(=O)(=O)C(CS(C)(=O)=O)=C2. The molecular weight excluding hydrogens is 260 g/mol. The van der Waals surface area contributed by atoms with Crippen molar-refractivity contribution in [1.29, 1.82) is 0 Å². The zero-order valence-electron chi connectivity index (χ0n) is 9.47. The van der Waals surface area contributed by atoms with Crippen molar-refractivity contribution < 1.29 is 16.8 Å². The van der Waals surface area contributed by atoms with Crippen molar-refractivity contribution in [1.82, 2.24) is 0 Å². The second-order valence-electron chi connectivity index (χ2n) is 4.18. The van der Waals surface area contributed by atoms with Crippen LogP contribution < -0.4 is 0 Å². The van der Waals surface area contributed by atoms with Crippen LogP contribution >= 0.6 is 0 Å². The first kappa shape index (κ1) is 12.3. The number of rotatable bonds is 2. The van der Waals surface area contributed by atoms with Crippen molar-refractivity contribution >= 4 is 25.8 Å². The van der Waals surface area contributed by atoms with Crippen LogP contribution in [0.25, 0.3) is 6.08 Å². The molecule has 0 unspecified atom stereocenters. The van der Waals surface area contributed by atoms with E-state index in [1.807, 2.05) is 0 Å². The van der Waals surface area contributed by atoms with E-state index in [2.05, 4.69) is 0 Å². The van der Waals surface area contributed by atoms with E-state index in [0.29, 0.717) is 11.1 Å². The normalized spacial score (nSPS) is 17.6. The smallest absolute Gasteiger partial charge is 0.204 e. The van der Waals surface area contributed by atoms with Gasteiger partial charge < -0.3 is 0 Å². The van der Waals surface area contributed by atoms with E-state index in [1.54, 1.807) is 25.1 Å². The van der Waals surface area contributed by atoms with Gasteiger partial charge in [0.2, 0.25) is 9.84 Å². The summed E-state index contributed by atoms with van der Waals surface area (Å²) in [6, 6.07) is 5.13. The molecule has 0 radical (unpaired) electrons. The molecule has 1 heterocycles. The van der Waals surface area contributed by atoms with Crippen molar-refractivity contribution in [3.63, 3.8) is 0 Å². The molecular formula is C11H12O4S2. The highest BCUT2D eigenvalue weighted by molar-refractivity contribution is 7.98. The summed E-state index contributed by atoms with van der Waals surface area (Å²) >= 11 is 0. The molecule has 2 rings (SSSR count). The molecule has 1 aromatic carbocycles. The van der Waals surface area contributed by atoms with Crippen molar-refractivity contribution in [2.75, 3.05) is 12.0 Å². The van der Waals surface area contributed by atoms with Gasteiger partial charge in [0.05, 0.1) is 15.6 Å². The maximum atomic E-state index is 12.2. The largest absolute Gasteiger partial charge is 0.229 e. The van der Waals surface area contributed by atoms with Crippen LogP contribution in [0.4, 0.5) is 0 Å². The molecule has 0 amide bonds. The molecule has 1 aromatic rings. The fraction of sp³-hybridized carbons (Fsp3) is 0.273. The fourth-order valence-corrected chi connectivity index (χ4v) is 5.25. The number of aryl methyl sites for hydroxylation is 1. The molecule has 1 aliphatic heterocycles. The third kappa shape index (κ3) is 2.14. The Labute approximate surface area is 101 Å². The molecule has 1 aliphatic rings. The summed E-state index contributed by atoms with van der Waals surface area (Å²) in [6.45, 7) is 1.70. The summed E-state index contributed by atoms with van der Waals surface area (Å²) in [7, 11) is -6.98. The van der Waals surface area contributed by atoms with Gasteiger partial charge in [-0.2, -0.15) is 0 Å².